The summed E-state index contributed by atoms with van der Waals surface area (Å²) in [6.45, 7) is 5.70. The zero-order valence-electron chi connectivity index (χ0n) is 14.8. The standard InChI is InChI=1S/C19H26N6/c1-24-10-6-17(7-11-24)21-12-15-13-25(14-15)19-3-2-18(22-23-19)16-4-8-20-9-5-16/h2-5,8-9,15,17,21H,6-7,10-14H2,1H3. The number of rotatable bonds is 5. The monoisotopic (exact) mass is 338 g/mol. The van der Waals surface area contributed by atoms with Gasteiger partial charge in [-0.2, -0.15) is 0 Å². The minimum atomic E-state index is 0.699. The molecule has 132 valence electrons. The smallest absolute Gasteiger partial charge is 0.151 e. The van der Waals surface area contributed by atoms with Gasteiger partial charge in [0.05, 0.1) is 5.69 Å². The summed E-state index contributed by atoms with van der Waals surface area (Å²) in [5.74, 6) is 1.70. The third kappa shape index (κ3) is 3.96. The molecule has 1 N–H and O–H groups in total. The molecule has 0 amide bonds. The minimum Gasteiger partial charge on any atom is -0.354 e. The van der Waals surface area contributed by atoms with Crippen LogP contribution >= 0.6 is 0 Å². The molecule has 2 aliphatic rings. The van der Waals surface area contributed by atoms with E-state index in [0.717, 1.165) is 42.6 Å². The lowest BCUT2D eigenvalue weighted by Crippen LogP contribution is -2.53. The van der Waals surface area contributed by atoms with Crippen LogP contribution < -0.4 is 10.2 Å². The number of aromatic nitrogens is 3. The number of likely N-dealkylation sites (tertiary alicyclic amines) is 1. The average Bonchev–Trinajstić information content (AvgIpc) is 2.63. The fourth-order valence-corrected chi connectivity index (χ4v) is 3.60. The van der Waals surface area contributed by atoms with Gasteiger partial charge in [-0.3, -0.25) is 4.98 Å². The lowest BCUT2D eigenvalue weighted by atomic mass is 9.98. The molecular weight excluding hydrogens is 312 g/mol. The summed E-state index contributed by atoms with van der Waals surface area (Å²) in [4.78, 5) is 8.76. The third-order valence-corrected chi connectivity index (χ3v) is 5.32. The Kier molecular flexibility index (Phi) is 4.90. The molecule has 2 aliphatic heterocycles. The van der Waals surface area contributed by atoms with E-state index in [-0.39, 0.29) is 0 Å². The van der Waals surface area contributed by atoms with E-state index in [1.54, 1.807) is 12.4 Å². The second-order valence-electron chi connectivity index (χ2n) is 7.27. The number of nitrogens with one attached hydrogen (secondary N) is 1. The molecule has 0 unspecified atom stereocenters. The molecule has 4 heterocycles. The van der Waals surface area contributed by atoms with Gasteiger partial charge in [-0.15, -0.1) is 10.2 Å². The van der Waals surface area contributed by atoms with E-state index in [1.165, 1.54) is 25.9 Å². The molecule has 0 bridgehead atoms. The molecule has 2 aromatic heterocycles. The molecule has 0 aromatic carbocycles. The fourth-order valence-electron chi connectivity index (χ4n) is 3.60. The van der Waals surface area contributed by atoms with Gasteiger partial charge in [0.1, 0.15) is 0 Å². The van der Waals surface area contributed by atoms with Gasteiger partial charge >= 0.3 is 0 Å². The molecule has 6 nitrogen and oxygen atoms in total. The Hall–Kier alpha value is -2.05. The summed E-state index contributed by atoms with van der Waals surface area (Å²) < 4.78 is 0. The van der Waals surface area contributed by atoms with Gasteiger partial charge in [0.25, 0.3) is 0 Å². The first-order chi connectivity index (χ1) is 12.3. The molecule has 0 radical (unpaired) electrons. The first kappa shape index (κ1) is 16.4. The van der Waals surface area contributed by atoms with Gasteiger partial charge in [-0.25, -0.2) is 0 Å². The van der Waals surface area contributed by atoms with E-state index in [1.807, 2.05) is 18.2 Å². The van der Waals surface area contributed by atoms with Crippen molar-refractivity contribution < 1.29 is 0 Å². The first-order valence-electron chi connectivity index (χ1n) is 9.19. The van der Waals surface area contributed by atoms with E-state index in [4.69, 9.17) is 0 Å². The fraction of sp³-hybridized carbons (Fsp3) is 0.526. The second kappa shape index (κ2) is 7.45. The molecule has 25 heavy (non-hydrogen) atoms. The number of piperidine rings is 1. The highest BCUT2D eigenvalue weighted by Crippen LogP contribution is 2.24. The van der Waals surface area contributed by atoms with Crippen LogP contribution in [0.25, 0.3) is 11.3 Å². The first-order valence-corrected chi connectivity index (χ1v) is 9.19. The summed E-state index contributed by atoms with van der Waals surface area (Å²) in [6, 6.07) is 8.73. The van der Waals surface area contributed by atoms with Crippen molar-refractivity contribution in [1.29, 1.82) is 0 Å². The van der Waals surface area contributed by atoms with Gasteiger partial charge in [-0.05, 0) is 57.2 Å². The molecule has 2 aromatic rings. The predicted octanol–water partition coefficient (Wildman–Crippen LogP) is 1.66. The van der Waals surface area contributed by atoms with Crippen LogP contribution in [0.3, 0.4) is 0 Å². The normalized spacial score (nSPS) is 19.8. The molecule has 0 aliphatic carbocycles. The SMILES string of the molecule is CN1CCC(NCC2CN(c3ccc(-c4ccncc4)nn3)C2)CC1. The zero-order chi connectivity index (χ0) is 17.1. The second-order valence-corrected chi connectivity index (χ2v) is 7.27. The van der Waals surface area contributed by atoms with E-state index < -0.39 is 0 Å². The summed E-state index contributed by atoms with van der Waals surface area (Å²) in [6.07, 6.45) is 6.11. The number of hydrogen-bond acceptors (Lipinski definition) is 6. The Morgan fingerprint density at radius 1 is 1.04 bits per heavy atom. The average molecular weight is 338 g/mol. The molecule has 0 atom stereocenters. The summed E-state index contributed by atoms with van der Waals surface area (Å²) in [5, 5.41) is 12.5. The quantitative estimate of drug-likeness (QED) is 0.895. The number of anilines is 1. The molecular formula is C19H26N6. The highest BCUT2D eigenvalue weighted by atomic mass is 15.3. The molecule has 0 spiro atoms. The zero-order valence-corrected chi connectivity index (χ0v) is 14.8. The van der Waals surface area contributed by atoms with E-state index in [9.17, 15) is 0 Å². The Morgan fingerprint density at radius 3 is 2.48 bits per heavy atom. The molecule has 6 heteroatoms. The Morgan fingerprint density at radius 2 is 1.80 bits per heavy atom. The maximum atomic E-state index is 4.40. The Labute approximate surface area is 149 Å². The number of pyridine rings is 1. The van der Waals surface area contributed by atoms with Crippen LogP contribution in [0, 0.1) is 5.92 Å². The van der Waals surface area contributed by atoms with Gasteiger partial charge in [0.15, 0.2) is 5.82 Å². The number of hydrogen-bond donors (Lipinski definition) is 1. The van der Waals surface area contributed by atoms with Crippen LogP contribution in [0.2, 0.25) is 0 Å². The lowest BCUT2D eigenvalue weighted by Gasteiger charge is -2.41. The van der Waals surface area contributed by atoms with Crippen molar-refractivity contribution >= 4 is 5.82 Å². The lowest BCUT2D eigenvalue weighted by molar-refractivity contribution is 0.225. The molecule has 0 saturated carbocycles. The Balaban J connectivity index is 1.24. The van der Waals surface area contributed by atoms with Gasteiger partial charge in [0.2, 0.25) is 0 Å². The van der Waals surface area contributed by atoms with Gasteiger partial charge in [0, 0.05) is 49.6 Å². The van der Waals surface area contributed by atoms with Crippen LogP contribution in [0.4, 0.5) is 5.82 Å². The van der Waals surface area contributed by atoms with Crippen molar-refractivity contribution in [2.75, 3.05) is 44.7 Å². The molecule has 4 rings (SSSR count). The van der Waals surface area contributed by atoms with Crippen molar-refractivity contribution in [3.05, 3.63) is 36.7 Å². The van der Waals surface area contributed by atoms with Crippen LogP contribution in [0.15, 0.2) is 36.7 Å². The van der Waals surface area contributed by atoms with Crippen molar-refractivity contribution in [2.45, 2.75) is 18.9 Å². The van der Waals surface area contributed by atoms with E-state index in [2.05, 4.69) is 43.4 Å². The van der Waals surface area contributed by atoms with Crippen LogP contribution in [-0.4, -0.2) is 65.9 Å². The van der Waals surface area contributed by atoms with Crippen LogP contribution in [0.1, 0.15) is 12.8 Å². The van der Waals surface area contributed by atoms with Crippen LogP contribution in [0.5, 0.6) is 0 Å². The third-order valence-electron chi connectivity index (χ3n) is 5.32. The van der Waals surface area contributed by atoms with Crippen LogP contribution in [-0.2, 0) is 0 Å². The van der Waals surface area contributed by atoms with E-state index >= 15 is 0 Å². The van der Waals surface area contributed by atoms with Crippen molar-refractivity contribution in [3.8, 4) is 11.3 Å². The molecule has 2 saturated heterocycles. The topological polar surface area (TPSA) is 57.2 Å². The minimum absolute atomic E-state index is 0.699. The molecule has 2 fully saturated rings. The highest BCUT2D eigenvalue weighted by Gasteiger charge is 2.28. The van der Waals surface area contributed by atoms with Gasteiger partial charge < -0.3 is 15.1 Å². The largest absolute Gasteiger partial charge is 0.354 e. The predicted molar refractivity (Wildman–Crippen MR) is 99.5 cm³/mol. The van der Waals surface area contributed by atoms with Gasteiger partial charge in [-0.1, -0.05) is 0 Å². The van der Waals surface area contributed by atoms with Crippen molar-refractivity contribution in [3.63, 3.8) is 0 Å². The van der Waals surface area contributed by atoms with E-state index in [0.29, 0.717) is 6.04 Å². The van der Waals surface area contributed by atoms with Crippen molar-refractivity contribution in [2.24, 2.45) is 5.92 Å². The maximum Gasteiger partial charge on any atom is 0.151 e. The summed E-state index contributed by atoms with van der Waals surface area (Å²) >= 11 is 0. The summed E-state index contributed by atoms with van der Waals surface area (Å²) in [7, 11) is 2.21. The highest BCUT2D eigenvalue weighted by molar-refractivity contribution is 5.59. The Bertz CT molecular complexity index is 660. The number of nitrogens with zero attached hydrogens (tertiary/aromatic N) is 5. The maximum absolute atomic E-state index is 4.40. The van der Waals surface area contributed by atoms with Crippen molar-refractivity contribution in [1.82, 2.24) is 25.4 Å². The summed E-state index contributed by atoms with van der Waals surface area (Å²) in [5.41, 5.74) is 1.95.